The minimum absolute atomic E-state index is 0.147. The monoisotopic (exact) mass is 625 g/mol. The van der Waals surface area contributed by atoms with Crippen molar-refractivity contribution in [1.82, 2.24) is 15.0 Å². The number of nitrogens with one attached hydrogen (secondary N) is 2. The number of aryl methyl sites for hydroxylation is 1. The SMILES string of the molecule is Cc1cccc(F)c1NC(=O)c1cc2c(s1)-c1ccc(Cl)cc1N(C(=O)c1cccc(-c3c[nH]c4ncc(F)cc34)n1)CC2. The van der Waals surface area contributed by atoms with Gasteiger partial charge < -0.3 is 15.2 Å². The van der Waals surface area contributed by atoms with E-state index in [9.17, 15) is 18.4 Å². The third-order valence-corrected chi connectivity index (χ3v) is 9.02. The van der Waals surface area contributed by atoms with E-state index >= 15 is 0 Å². The second kappa shape index (κ2) is 11.0. The number of halogens is 3. The van der Waals surface area contributed by atoms with Gasteiger partial charge in [0, 0.05) is 39.2 Å². The van der Waals surface area contributed by atoms with Crippen LogP contribution in [0.1, 0.15) is 31.3 Å². The molecule has 0 radical (unpaired) electrons. The Morgan fingerprint density at radius 1 is 1.05 bits per heavy atom. The second-order valence-electron chi connectivity index (χ2n) is 10.4. The van der Waals surface area contributed by atoms with Gasteiger partial charge >= 0.3 is 0 Å². The van der Waals surface area contributed by atoms with Crippen LogP contribution >= 0.6 is 22.9 Å². The van der Waals surface area contributed by atoms with E-state index in [-0.39, 0.29) is 17.3 Å². The van der Waals surface area contributed by atoms with Crippen molar-refractivity contribution in [3.05, 3.63) is 117 Å². The van der Waals surface area contributed by atoms with Gasteiger partial charge in [0.2, 0.25) is 0 Å². The molecule has 0 fully saturated rings. The van der Waals surface area contributed by atoms with Gasteiger partial charge in [0.1, 0.15) is 23.0 Å². The Hall–Kier alpha value is -4.93. The summed E-state index contributed by atoms with van der Waals surface area (Å²) in [7, 11) is 0. The Morgan fingerprint density at radius 2 is 1.89 bits per heavy atom. The van der Waals surface area contributed by atoms with Crippen molar-refractivity contribution in [3.63, 3.8) is 0 Å². The van der Waals surface area contributed by atoms with Crippen molar-refractivity contribution in [2.24, 2.45) is 0 Å². The van der Waals surface area contributed by atoms with Gasteiger partial charge in [-0.1, -0.05) is 29.8 Å². The first-order valence-electron chi connectivity index (χ1n) is 13.7. The summed E-state index contributed by atoms with van der Waals surface area (Å²) in [5, 5.41) is 3.72. The maximum Gasteiger partial charge on any atom is 0.276 e. The summed E-state index contributed by atoms with van der Waals surface area (Å²) in [4.78, 5) is 41.9. The highest BCUT2D eigenvalue weighted by atomic mass is 35.5. The molecule has 218 valence electrons. The lowest BCUT2D eigenvalue weighted by Gasteiger charge is -2.23. The van der Waals surface area contributed by atoms with Gasteiger partial charge in [-0.05, 0) is 73.0 Å². The molecule has 5 heterocycles. The molecule has 1 aliphatic heterocycles. The molecule has 7 rings (SSSR count). The number of aromatic amines is 1. The van der Waals surface area contributed by atoms with Gasteiger partial charge in [0.05, 0.1) is 28.1 Å². The zero-order chi connectivity index (χ0) is 30.5. The average Bonchev–Trinajstić information content (AvgIpc) is 3.60. The largest absolute Gasteiger partial charge is 0.345 e. The fraction of sp³-hybridized carbons (Fsp3) is 0.0909. The summed E-state index contributed by atoms with van der Waals surface area (Å²) < 4.78 is 28.4. The highest BCUT2D eigenvalue weighted by Crippen LogP contribution is 2.43. The predicted octanol–water partition coefficient (Wildman–Crippen LogP) is 8.05. The molecular weight excluding hydrogens is 604 g/mol. The van der Waals surface area contributed by atoms with E-state index in [0.717, 1.165) is 22.2 Å². The maximum atomic E-state index is 14.4. The summed E-state index contributed by atoms with van der Waals surface area (Å²) in [5.74, 6) is -1.72. The van der Waals surface area contributed by atoms with Crippen molar-refractivity contribution in [2.75, 3.05) is 16.8 Å². The number of nitrogens with zero attached hydrogens (tertiary/aromatic N) is 3. The van der Waals surface area contributed by atoms with E-state index in [0.29, 0.717) is 56.4 Å². The number of anilines is 2. The van der Waals surface area contributed by atoms with E-state index in [2.05, 4.69) is 20.3 Å². The summed E-state index contributed by atoms with van der Waals surface area (Å²) in [5.41, 5.74) is 4.83. The van der Waals surface area contributed by atoms with Crippen LogP contribution in [0.15, 0.2) is 79.1 Å². The van der Waals surface area contributed by atoms with Crippen LogP contribution in [-0.2, 0) is 6.42 Å². The fourth-order valence-electron chi connectivity index (χ4n) is 5.44. The van der Waals surface area contributed by atoms with Gasteiger partial charge in [-0.25, -0.2) is 18.7 Å². The number of pyridine rings is 2. The number of hydrogen-bond donors (Lipinski definition) is 2. The molecule has 0 saturated heterocycles. The zero-order valence-electron chi connectivity index (χ0n) is 23.1. The highest BCUT2D eigenvalue weighted by Gasteiger charge is 2.29. The topological polar surface area (TPSA) is 91.0 Å². The summed E-state index contributed by atoms with van der Waals surface area (Å²) >= 11 is 7.70. The first-order valence-corrected chi connectivity index (χ1v) is 14.9. The number of thiophene rings is 1. The van der Waals surface area contributed by atoms with Crippen molar-refractivity contribution in [2.45, 2.75) is 13.3 Å². The van der Waals surface area contributed by atoms with E-state index < -0.39 is 17.5 Å². The van der Waals surface area contributed by atoms with Crippen LogP contribution in [-0.4, -0.2) is 33.3 Å². The van der Waals surface area contributed by atoms with Crippen LogP contribution < -0.4 is 10.2 Å². The molecule has 6 aromatic rings. The molecule has 2 amide bonds. The van der Waals surface area contributed by atoms with Crippen LogP contribution in [0.2, 0.25) is 5.02 Å². The number of rotatable bonds is 4. The fourth-order valence-corrected chi connectivity index (χ4v) is 6.74. The van der Waals surface area contributed by atoms with E-state index in [1.54, 1.807) is 66.6 Å². The summed E-state index contributed by atoms with van der Waals surface area (Å²) in [6, 6.07) is 18.2. The zero-order valence-corrected chi connectivity index (χ0v) is 24.7. The highest BCUT2D eigenvalue weighted by molar-refractivity contribution is 7.17. The number of benzene rings is 2. The van der Waals surface area contributed by atoms with Crippen LogP contribution in [0.25, 0.3) is 32.7 Å². The smallest absolute Gasteiger partial charge is 0.276 e. The normalized spacial score (nSPS) is 12.5. The molecule has 0 bridgehead atoms. The van der Waals surface area contributed by atoms with Gasteiger partial charge in [0.15, 0.2) is 0 Å². The van der Waals surface area contributed by atoms with E-state index in [1.807, 2.05) is 6.07 Å². The molecule has 0 saturated carbocycles. The van der Waals surface area contributed by atoms with Crippen molar-refractivity contribution >= 4 is 57.2 Å². The van der Waals surface area contributed by atoms with Gasteiger partial charge in [-0.15, -0.1) is 11.3 Å². The lowest BCUT2D eigenvalue weighted by atomic mass is 10.1. The molecule has 0 unspecified atom stereocenters. The Bertz CT molecular complexity index is 2100. The molecule has 44 heavy (non-hydrogen) atoms. The number of aromatic nitrogens is 3. The lowest BCUT2D eigenvalue weighted by Crippen LogP contribution is -2.33. The molecule has 2 aromatic carbocycles. The van der Waals surface area contributed by atoms with Crippen LogP contribution in [0.5, 0.6) is 0 Å². The van der Waals surface area contributed by atoms with Crippen LogP contribution in [0, 0.1) is 18.6 Å². The number of amides is 2. The molecular formula is C33H22ClF2N5O2S. The predicted molar refractivity (Wildman–Crippen MR) is 169 cm³/mol. The molecule has 0 atom stereocenters. The Kier molecular flexibility index (Phi) is 6.95. The number of carbonyl (C=O) groups excluding carboxylic acids is 2. The van der Waals surface area contributed by atoms with Gasteiger partial charge in [0.25, 0.3) is 11.8 Å². The number of fused-ring (bicyclic) bond motifs is 4. The summed E-state index contributed by atoms with van der Waals surface area (Å²) in [6.07, 6.45) is 3.28. The Balaban J connectivity index is 1.23. The molecule has 0 aliphatic carbocycles. The van der Waals surface area contributed by atoms with Gasteiger partial charge in [-0.2, -0.15) is 0 Å². The van der Waals surface area contributed by atoms with E-state index in [1.165, 1.54) is 23.5 Å². The standard InChI is InChI=1S/C33H22ClF2N5O2S/c1-17-4-2-5-24(36)29(17)40-32(42)28-12-18-10-11-41(27-13-19(34)8-9-21(27)30(18)44-28)33(43)26-7-3-6-25(39-26)23-16-38-31-22(23)14-20(35)15-37-31/h2-9,12-16H,10-11H2,1H3,(H,37,38)(H,40,42). The van der Waals surface area contributed by atoms with Crippen LogP contribution in [0.4, 0.5) is 20.2 Å². The van der Waals surface area contributed by atoms with Gasteiger partial charge in [-0.3, -0.25) is 9.59 Å². The van der Waals surface area contributed by atoms with E-state index in [4.69, 9.17) is 11.6 Å². The maximum absolute atomic E-state index is 14.4. The van der Waals surface area contributed by atoms with Crippen LogP contribution in [0.3, 0.4) is 0 Å². The average molecular weight is 626 g/mol. The first-order chi connectivity index (χ1) is 21.3. The number of para-hydroxylation sites is 1. The molecule has 2 N–H and O–H groups in total. The molecule has 4 aromatic heterocycles. The number of hydrogen-bond acceptors (Lipinski definition) is 5. The third kappa shape index (κ3) is 4.91. The quantitative estimate of drug-likeness (QED) is 0.207. The minimum atomic E-state index is -0.503. The second-order valence-corrected chi connectivity index (χ2v) is 11.9. The molecule has 1 aliphatic rings. The van der Waals surface area contributed by atoms with Crippen molar-refractivity contribution in [3.8, 4) is 21.7 Å². The Morgan fingerprint density at radius 3 is 2.73 bits per heavy atom. The van der Waals surface area contributed by atoms with Crippen molar-refractivity contribution < 1.29 is 18.4 Å². The first kappa shape index (κ1) is 27.9. The molecule has 0 spiro atoms. The minimum Gasteiger partial charge on any atom is -0.345 e. The summed E-state index contributed by atoms with van der Waals surface area (Å²) in [6.45, 7) is 2.04. The van der Waals surface area contributed by atoms with Crippen molar-refractivity contribution in [1.29, 1.82) is 0 Å². The number of H-pyrrole nitrogens is 1. The molecule has 7 nitrogen and oxygen atoms in total. The number of carbonyl (C=O) groups is 2. The molecule has 11 heteroatoms. The third-order valence-electron chi connectivity index (χ3n) is 7.58. The lowest BCUT2D eigenvalue weighted by molar-refractivity contribution is 0.0981. The Labute approximate surface area is 259 Å².